The van der Waals surface area contributed by atoms with E-state index in [0.29, 0.717) is 25.1 Å². The van der Waals surface area contributed by atoms with Gasteiger partial charge in [0.2, 0.25) is 0 Å². The first-order valence-electron chi connectivity index (χ1n) is 11.8. The van der Waals surface area contributed by atoms with Gasteiger partial charge in [0.1, 0.15) is 6.04 Å². The number of amides is 1. The second-order valence-electron chi connectivity index (χ2n) is 9.17. The number of ether oxygens (including phenoxy) is 1. The predicted molar refractivity (Wildman–Crippen MR) is 136 cm³/mol. The van der Waals surface area contributed by atoms with Crippen molar-refractivity contribution in [3.8, 4) is 5.69 Å². The number of methoxy groups -OCH3 is 1. The van der Waals surface area contributed by atoms with Crippen LogP contribution in [0.5, 0.6) is 0 Å². The lowest BCUT2D eigenvalue weighted by molar-refractivity contribution is -0.145. The number of aromatic nitrogens is 2. The second-order valence-corrected chi connectivity index (χ2v) is 9.17. The molecule has 35 heavy (non-hydrogen) atoms. The molecule has 1 amide bonds. The largest absolute Gasteiger partial charge is 0.468 e. The topological polar surface area (TPSA) is 76.5 Å². The van der Waals surface area contributed by atoms with E-state index in [9.17, 15) is 9.59 Å². The summed E-state index contributed by atoms with van der Waals surface area (Å²) in [7, 11) is 1.41. The van der Waals surface area contributed by atoms with E-state index in [2.05, 4.69) is 40.4 Å². The van der Waals surface area contributed by atoms with Crippen molar-refractivity contribution in [3.63, 3.8) is 0 Å². The van der Waals surface area contributed by atoms with Gasteiger partial charge in [-0.15, -0.1) is 0 Å². The lowest BCUT2D eigenvalue weighted by atomic mass is 10.1. The molecular formula is C28H32N4O3. The third kappa shape index (κ3) is 5.87. The van der Waals surface area contributed by atoms with E-state index in [1.807, 2.05) is 61.0 Å². The van der Waals surface area contributed by atoms with Crippen molar-refractivity contribution < 1.29 is 14.3 Å². The number of carbonyl (C=O) groups excluding carboxylic acids is 2. The monoisotopic (exact) mass is 472 g/mol. The highest BCUT2D eigenvalue weighted by molar-refractivity contribution is 5.95. The Morgan fingerprint density at radius 1 is 1.11 bits per heavy atom. The summed E-state index contributed by atoms with van der Waals surface area (Å²) in [6.45, 7) is 7.18. The molecule has 3 aromatic rings. The van der Waals surface area contributed by atoms with Crippen molar-refractivity contribution in [1.29, 1.82) is 0 Å². The lowest BCUT2D eigenvalue weighted by Crippen LogP contribution is -2.39. The molecule has 7 heteroatoms. The van der Waals surface area contributed by atoms with Crippen molar-refractivity contribution >= 4 is 18.0 Å². The SMILES string of the molecule is COC(=O)[C@@H]1C[C@@H](NC(=O)c2cccc(-n3nc(C)cc3C)c2)CN1C/C(C)=C/c1ccccc1. The number of carbonyl (C=O) groups is 2. The number of hydrogen-bond donors (Lipinski definition) is 1. The van der Waals surface area contributed by atoms with Gasteiger partial charge in [-0.25, -0.2) is 4.68 Å². The number of nitrogens with zero attached hydrogens (tertiary/aromatic N) is 3. The van der Waals surface area contributed by atoms with Crippen molar-refractivity contribution in [2.75, 3.05) is 20.2 Å². The van der Waals surface area contributed by atoms with Gasteiger partial charge in [-0.05, 0) is 57.0 Å². The Kier molecular flexibility index (Phi) is 7.46. The maximum absolute atomic E-state index is 13.1. The summed E-state index contributed by atoms with van der Waals surface area (Å²) >= 11 is 0. The average molecular weight is 473 g/mol. The van der Waals surface area contributed by atoms with Gasteiger partial charge in [-0.1, -0.05) is 48.0 Å². The summed E-state index contributed by atoms with van der Waals surface area (Å²) < 4.78 is 6.89. The summed E-state index contributed by atoms with van der Waals surface area (Å²) in [5.41, 5.74) is 5.58. The van der Waals surface area contributed by atoms with Crippen LogP contribution >= 0.6 is 0 Å². The van der Waals surface area contributed by atoms with Crippen LogP contribution in [0, 0.1) is 13.8 Å². The van der Waals surface area contributed by atoms with Crippen LogP contribution in [-0.4, -0.2) is 58.8 Å². The van der Waals surface area contributed by atoms with Gasteiger partial charge in [-0.2, -0.15) is 5.10 Å². The molecule has 182 valence electrons. The molecule has 1 N–H and O–H groups in total. The fraction of sp³-hybridized carbons (Fsp3) is 0.321. The first-order chi connectivity index (χ1) is 16.8. The molecule has 1 aliphatic heterocycles. The molecule has 1 fully saturated rings. The van der Waals surface area contributed by atoms with Crippen LogP contribution in [0.2, 0.25) is 0 Å². The molecule has 0 radical (unpaired) electrons. The zero-order valence-electron chi connectivity index (χ0n) is 20.7. The van der Waals surface area contributed by atoms with Gasteiger partial charge in [-0.3, -0.25) is 14.5 Å². The van der Waals surface area contributed by atoms with Crippen LogP contribution < -0.4 is 5.32 Å². The van der Waals surface area contributed by atoms with Gasteiger partial charge in [0, 0.05) is 30.4 Å². The zero-order valence-corrected chi connectivity index (χ0v) is 20.7. The highest BCUT2D eigenvalue weighted by atomic mass is 16.5. The van der Waals surface area contributed by atoms with E-state index in [4.69, 9.17) is 4.74 Å². The fourth-order valence-electron chi connectivity index (χ4n) is 4.70. The predicted octanol–water partition coefficient (Wildman–Crippen LogP) is 3.94. The fourth-order valence-corrected chi connectivity index (χ4v) is 4.70. The Morgan fingerprint density at radius 3 is 2.57 bits per heavy atom. The molecular weight excluding hydrogens is 440 g/mol. The Morgan fingerprint density at radius 2 is 1.89 bits per heavy atom. The van der Waals surface area contributed by atoms with Gasteiger partial charge >= 0.3 is 5.97 Å². The molecule has 0 bridgehead atoms. The van der Waals surface area contributed by atoms with E-state index in [1.165, 1.54) is 7.11 Å². The molecule has 4 rings (SSSR count). The Labute approximate surface area is 206 Å². The summed E-state index contributed by atoms with van der Waals surface area (Å²) in [4.78, 5) is 27.7. The first kappa shape index (κ1) is 24.4. The van der Waals surface area contributed by atoms with Gasteiger partial charge in [0.25, 0.3) is 5.91 Å². The molecule has 2 atom stereocenters. The van der Waals surface area contributed by atoms with Crippen molar-refractivity contribution in [3.05, 3.63) is 88.8 Å². The Bertz CT molecular complexity index is 1230. The number of likely N-dealkylation sites (tertiary alicyclic amines) is 1. The minimum Gasteiger partial charge on any atom is -0.468 e. The minimum atomic E-state index is -0.398. The lowest BCUT2D eigenvalue weighted by Gasteiger charge is -2.22. The molecule has 7 nitrogen and oxygen atoms in total. The highest BCUT2D eigenvalue weighted by Gasteiger charge is 2.38. The third-order valence-electron chi connectivity index (χ3n) is 6.24. The number of benzene rings is 2. The third-order valence-corrected chi connectivity index (χ3v) is 6.24. The quantitative estimate of drug-likeness (QED) is 0.527. The molecule has 2 heterocycles. The molecule has 0 unspecified atom stereocenters. The molecule has 1 saturated heterocycles. The second kappa shape index (κ2) is 10.7. The molecule has 0 spiro atoms. The maximum atomic E-state index is 13.1. The van der Waals surface area contributed by atoms with Crippen LogP contribution in [0.3, 0.4) is 0 Å². The van der Waals surface area contributed by atoms with Crippen LogP contribution in [0.15, 0.2) is 66.2 Å². The Hall–Kier alpha value is -3.71. The first-order valence-corrected chi connectivity index (χ1v) is 11.8. The molecule has 0 aliphatic carbocycles. The normalized spacial score (nSPS) is 18.5. The Balaban J connectivity index is 1.46. The van der Waals surface area contributed by atoms with Gasteiger partial charge < -0.3 is 10.1 Å². The number of aryl methyl sites for hydroxylation is 2. The number of rotatable bonds is 7. The van der Waals surface area contributed by atoms with Crippen LogP contribution in [0.4, 0.5) is 0 Å². The van der Waals surface area contributed by atoms with Crippen molar-refractivity contribution in [2.45, 2.75) is 39.3 Å². The van der Waals surface area contributed by atoms with Crippen molar-refractivity contribution in [2.24, 2.45) is 0 Å². The standard InChI is InChI=1S/C28H32N4O3/c1-19(13-22-9-6-5-7-10-22)17-31-18-24(16-26(31)28(34)35-4)29-27(33)23-11-8-12-25(15-23)32-21(3)14-20(2)30-32/h5-15,24,26H,16-18H2,1-4H3,(H,29,33)/b19-13+/t24-,26+/m1/s1. The number of hydrogen-bond acceptors (Lipinski definition) is 5. The average Bonchev–Trinajstić information content (AvgIpc) is 3.40. The summed E-state index contributed by atoms with van der Waals surface area (Å²) in [5, 5.41) is 7.63. The molecule has 1 aromatic heterocycles. The maximum Gasteiger partial charge on any atom is 0.323 e. The van der Waals surface area contributed by atoms with E-state index < -0.39 is 6.04 Å². The molecule has 1 aliphatic rings. The zero-order chi connectivity index (χ0) is 24.9. The molecule has 2 aromatic carbocycles. The summed E-state index contributed by atoms with van der Waals surface area (Å²) in [6, 6.07) is 19.0. The highest BCUT2D eigenvalue weighted by Crippen LogP contribution is 2.22. The van der Waals surface area contributed by atoms with E-state index in [1.54, 1.807) is 6.07 Å². The molecule has 0 saturated carbocycles. The smallest absolute Gasteiger partial charge is 0.323 e. The van der Waals surface area contributed by atoms with Crippen LogP contribution in [0.25, 0.3) is 11.8 Å². The van der Waals surface area contributed by atoms with Crippen LogP contribution in [0.1, 0.15) is 40.7 Å². The summed E-state index contributed by atoms with van der Waals surface area (Å²) in [5.74, 6) is -0.443. The van der Waals surface area contributed by atoms with E-state index >= 15 is 0 Å². The number of esters is 1. The summed E-state index contributed by atoms with van der Waals surface area (Å²) in [6.07, 6.45) is 2.62. The van der Waals surface area contributed by atoms with Crippen LogP contribution in [-0.2, 0) is 9.53 Å². The number of nitrogens with one attached hydrogen (secondary N) is 1. The minimum absolute atomic E-state index is 0.159. The van der Waals surface area contributed by atoms with E-state index in [0.717, 1.165) is 28.2 Å². The van der Waals surface area contributed by atoms with Crippen molar-refractivity contribution in [1.82, 2.24) is 20.0 Å². The van der Waals surface area contributed by atoms with E-state index in [-0.39, 0.29) is 17.9 Å². The van der Waals surface area contributed by atoms with Gasteiger partial charge in [0.15, 0.2) is 0 Å². The van der Waals surface area contributed by atoms with Gasteiger partial charge in [0.05, 0.1) is 18.5 Å².